The normalized spacial score (nSPS) is 27.2. The highest BCUT2D eigenvalue weighted by Gasteiger charge is 2.34. The molecule has 0 spiro atoms. The van der Waals surface area contributed by atoms with Crippen LogP contribution in [-0.2, 0) is 6.54 Å². The molecule has 3 N–H and O–H groups in total. The zero-order valence-electron chi connectivity index (χ0n) is 7.20. The number of rotatable bonds is 3. The molecule has 1 heterocycles. The van der Waals surface area contributed by atoms with Gasteiger partial charge in [-0.05, 0) is 13.3 Å². The second kappa shape index (κ2) is 2.79. The lowest BCUT2D eigenvalue weighted by molar-refractivity contribution is 0.761. The molecule has 2 atom stereocenters. The largest absolute Gasteiger partial charge is 0.351 e. The molecule has 2 unspecified atom stereocenters. The average molecular weight is 166 g/mol. The molecule has 1 aromatic heterocycles. The van der Waals surface area contributed by atoms with Gasteiger partial charge in [0.15, 0.2) is 0 Å². The minimum Gasteiger partial charge on any atom is -0.351 e. The first-order valence-electron chi connectivity index (χ1n) is 4.34. The first-order chi connectivity index (χ1) is 5.81. The van der Waals surface area contributed by atoms with Crippen molar-refractivity contribution in [1.82, 2.24) is 9.55 Å². The maximum atomic E-state index is 5.68. The fourth-order valence-corrected chi connectivity index (χ4v) is 1.25. The summed E-state index contributed by atoms with van der Waals surface area (Å²) >= 11 is 0. The number of hydrogen-bond acceptors (Lipinski definition) is 3. The Labute approximate surface area is 71.8 Å². The number of imidazole rings is 1. The molecule has 0 radical (unpaired) electrons. The molecule has 1 aromatic rings. The predicted octanol–water partition coefficient (Wildman–Crippen LogP) is 0.414. The SMILES string of the molecule is CCn1ccnc1NC1CC1N. The van der Waals surface area contributed by atoms with E-state index in [0.717, 1.165) is 18.9 Å². The summed E-state index contributed by atoms with van der Waals surface area (Å²) in [6, 6.07) is 0.768. The highest BCUT2D eigenvalue weighted by atomic mass is 15.2. The average Bonchev–Trinajstić information content (AvgIpc) is 2.62. The lowest BCUT2D eigenvalue weighted by atomic mass is 10.6. The summed E-state index contributed by atoms with van der Waals surface area (Å²) < 4.78 is 2.07. The highest BCUT2D eigenvalue weighted by Crippen LogP contribution is 2.22. The highest BCUT2D eigenvalue weighted by molar-refractivity contribution is 5.31. The van der Waals surface area contributed by atoms with E-state index in [0.29, 0.717) is 12.1 Å². The molecule has 1 aliphatic carbocycles. The van der Waals surface area contributed by atoms with Gasteiger partial charge in [0.05, 0.1) is 0 Å². The van der Waals surface area contributed by atoms with E-state index in [1.807, 2.05) is 6.20 Å². The molecule has 1 saturated carbocycles. The van der Waals surface area contributed by atoms with Crippen LogP contribution in [0.4, 0.5) is 5.95 Å². The first-order valence-corrected chi connectivity index (χ1v) is 4.34. The van der Waals surface area contributed by atoms with E-state index in [9.17, 15) is 0 Å². The van der Waals surface area contributed by atoms with Crippen LogP contribution in [0.15, 0.2) is 12.4 Å². The van der Waals surface area contributed by atoms with Crippen molar-refractivity contribution < 1.29 is 0 Å². The molecule has 12 heavy (non-hydrogen) atoms. The number of nitrogens with two attached hydrogens (primary N) is 1. The Balaban J connectivity index is 2.02. The zero-order valence-corrected chi connectivity index (χ0v) is 7.20. The van der Waals surface area contributed by atoms with Crippen LogP contribution < -0.4 is 11.1 Å². The second-order valence-electron chi connectivity index (χ2n) is 3.19. The van der Waals surface area contributed by atoms with Crippen LogP contribution in [0.25, 0.3) is 0 Å². The third-order valence-electron chi connectivity index (χ3n) is 2.21. The Morgan fingerprint density at radius 1 is 1.83 bits per heavy atom. The number of anilines is 1. The van der Waals surface area contributed by atoms with Crippen molar-refractivity contribution in [2.45, 2.75) is 32.0 Å². The topological polar surface area (TPSA) is 55.9 Å². The minimum absolute atomic E-state index is 0.326. The van der Waals surface area contributed by atoms with E-state index < -0.39 is 0 Å². The van der Waals surface area contributed by atoms with Gasteiger partial charge in [0.25, 0.3) is 0 Å². The first kappa shape index (κ1) is 7.61. The van der Waals surface area contributed by atoms with Crippen molar-refractivity contribution in [3.05, 3.63) is 12.4 Å². The molecular weight excluding hydrogens is 152 g/mol. The Kier molecular flexibility index (Phi) is 1.77. The summed E-state index contributed by atoms with van der Waals surface area (Å²) in [5.41, 5.74) is 5.68. The van der Waals surface area contributed by atoms with E-state index in [1.165, 1.54) is 0 Å². The van der Waals surface area contributed by atoms with Crippen LogP contribution in [0.5, 0.6) is 0 Å². The monoisotopic (exact) mass is 166 g/mol. The van der Waals surface area contributed by atoms with Crippen LogP contribution in [-0.4, -0.2) is 21.6 Å². The van der Waals surface area contributed by atoms with Crippen LogP contribution in [0.3, 0.4) is 0 Å². The number of nitrogens with one attached hydrogen (secondary N) is 1. The quantitative estimate of drug-likeness (QED) is 0.684. The van der Waals surface area contributed by atoms with Crippen molar-refractivity contribution >= 4 is 5.95 Å². The standard InChI is InChI=1S/C8H14N4/c1-2-12-4-3-10-8(12)11-7-5-6(7)9/h3-4,6-7H,2,5,9H2,1H3,(H,10,11). The molecule has 1 fully saturated rings. The molecule has 4 nitrogen and oxygen atoms in total. The zero-order chi connectivity index (χ0) is 8.55. The van der Waals surface area contributed by atoms with Crippen LogP contribution in [0, 0.1) is 0 Å². The van der Waals surface area contributed by atoms with Gasteiger partial charge in [-0.1, -0.05) is 0 Å². The van der Waals surface area contributed by atoms with Gasteiger partial charge in [-0.2, -0.15) is 0 Å². The van der Waals surface area contributed by atoms with Gasteiger partial charge in [-0.15, -0.1) is 0 Å². The van der Waals surface area contributed by atoms with Crippen LogP contribution in [0.1, 0.15) is 13.3 Å². The van der Waals surface area contributed by atoms with Gasteiger partial charge in [0.1, 0.15) is 0 Å². The van der Waals surface area contributed by atoms with Gasteiger partial charge in [0.2, 0.25) is 5.95 Å². The molecule has 0 aromatic carbocycles. The van der Waals surface area contributed by atoms with E-state index in [4.69, 9.17) is 5.73 Å². The van der Waals surface area contributed by atoms with Crippen molar-refractivity contribution in [1.29, 1.82) is 0 Å². The fraction of sp³-hybridized carbons (Fsp3) is 0.625. The minimum atomic E-state index is 0.326. The van der Waals surface area contributed by atoms with E-state index in [2.05, 4.69) is 21.8 Å². The summed E-state index contributed by atoms with van der Waals surface area (Å²) in [5, 5.41) is 3.29. The van der Waals surface area contributed by atoms with Gasteiger partial charge >= 0.3 is 0 Å². The van der Waals surface area contributed by atoms with Crippen molar-refractivity contribution in [3.8, 4) is 0 Å². The Morgan fingerprint density at radius 3 is 3.17 bits per heavy atom. The molecular formula is C8H14N4. The maximum absolute atomic E-state index is 5.68. The van der Waals surface area contributed by atoms with Gasteiger partial charge in [-0.25, -0.2) is 4.98 Å². The number of aryl methyl sites for hydroxylation is 1. The molecule has 4 heteroatoms. The third-order valence-corrected chi connectivity index (χ3v) is 2.21. The smallest absolute Gasteiger partial charge is 0.203 e. The molecule has 0 aliphatic heterocycles. The fourth-order valence-electron chi connectivity index (χ4n) is 1.25. The number of hydrogen-bond donors (Lipinski definition) is 2. The third kappa shape index (κ3) is 1.30. The van der Waals surface area contributed by atoms with Crippen LogP contribution in [0.2, 0.25) is 0 Å². The summed E-state index contributed by atoms with van der Waals surface area (Å²) in [7, 11) is 0. The Bertz CT molecular complexity index is 268. The summed E-state index contributed by atoms with van der Waals surface area (Å²) in [6.45, 7) is 3.05. The molecule has 0 saturated heterocycles. The van der Waals surface area contributed by atoms with E-state index >= 15 is 0 Å². The molecule has 2 rings (SSSR count). The summed E-state index contributed by atoms with van der Waals surface area (Å²) in [6.07, 6.45) is 4.84. The maximum Gasteiger partial charge on any atom is 0.203 e. The van der Waals surface area contributed by atoms with Gasteiger partial charge in [0, 0.05) is 31.0 Å². The summed E-state index contributed by atoms with van der Waals surface area (Å²) in [5.74, 6) is 0.940. The molecule has 0 bridgehead atoms. The lowest BCUT2D eigenvalue weighted by Crippen LogP contribution is -2.15. The van der Waals surface area contributed by atoms with Crippen LogP contribution >= 0.6 is 0 Å². The number of nitrogens with zero attached hydrogens (tertiary/aromatic N) is 2. The van der Waals surface area contributed by atoms with Gasteiger partial charge in [-0.3, -0.25) is 0 Å². The van der Waals surface area contributed by atoms with E-state index in [1.54, 1.807) is 6.20 Å². The predicted molar refractivity (Wildman–Crippen MR) is 47.9 cm³/mol. The molecule has 66 valence electrons. The second-order valence-corrected chi connectivity index (χ2v) is 3.19. The number of aromatic nitrogens is 2. The van der Waals surface area contributed by atoms with Crippen molar-refractivity contribution in [2.75, 3.05) is 5.32 Å². The Hall–Kier alpha value is -1.03. The van der Waals surface area contributed by atoms with E-state index in [-0.39, 0.29) is 0 Å². The lowest BCUT2D eigenvalue weighted by Gasteiger charge is -2.05. The van der Waals surface area contributed by atoms with Crippen molar-refractivity contribution in [3.63, 3.8) is 0 Å². The molecule has 0 amide bonds. The Morgan fingerprint density at radius 2 is 2.58 bits per heavy atom. The van der Waals surface area contributed by atoms with Gasteiger partial charge < -0.3 is 15.6 Å². The molecule has 1 aliphatic rings. The van der Waals surface area contributed by atoms with Crippen molar-refractivity contribution in [2.24, 2.45) is 5.73 Å². The summed E-state index contributed by atoms with van der Waals surface area (Å²) in [4.78, 5) is 4.20.